The van der Waals surface area contributed by atoms with Crippen molar-refractivity contribution in [2.45, 2.75) is 72.1 Å². The van der Waals surface area contributed by atoms with E-state index < -0.39 is 66.9 Å². The van der Waals surface area contributed by atoms with Crippen LogP contribution in [0.1, 0.15) is 48.0 Å². The fourth-order valence-electron chi connectivity index (χ4n) is 3.23. The number of thioether (sulfide) groups is 1. The number of carbonyl (C=O) groups is 6. The number of rotatable bonds is 17. The maximum atomic E-state index is 12.6. The molecule has 0 rings (SSSR count). The highest BCUT2D eigenvalue weighted by atomic mass is 32.2. The molecule has 0 saturated carbocycles. The maximum absolute atomic E-state index is 12.6. The van der Waals surface area contributed by atoms with Crippen LogP contribution in [0.25, 0.3) is 0 Å². The zero-order chi connectivity index (χ0) is 29.6. The van der Waals surface area contributed by atoms with Crippen molar-refractivity contribution in [1.29, 1.82) is 0 Å². The number of aliphatic carboxylic acids is 1. The summed E-state index contributed by atoms with van der Waals surface area (Å²) in [4.78, 5) is 73.4. The quantitative estimate of drug-likeness (QED) is 0.106. The highest BCUT2D eigenvalue weighted by Gasteiger charge is 2.31. The molecule has 14 heteroatoms. The van der Waals surface area contributed by atoms with E-state index in [1.165, 1.54) is 0 Å². The van der Waals surface area contributed by atoms with Gasteiger partial charge >= 0.3 is 5.97 Å². The van der Waals surface area contributed by atoms with Gasteiger partial charge in [-0.2, -0.15) is 11.8 Å². The van der Waals surface area contributed by atoms with Gasteiger partial charge in [0.1, 0.15) is 18.1 Å². The Kier molecular flexibility index (Phi) is 16.3. The van der Waals surface area contributed by atoms with Crippen LogP contribution in [0.2, 0.25) is 0 Å². The van der Waals surface area contributed by atoms with Crippen LogP contribution in [0.15, 0.2) is 0 Å². The van der Waals surface area contributed by atoms with Crippen LogP contribution in [0.3, 0.4) is 0 Å². The minimum atomic E-state index is -1.18. The minimum absolute atomic E-state index is 0.240. The highest BCUT2D eigenvalue weighted by Crippen LogP contribution is 2.07. The first-order valence-electron chi connectivity index (χ1n) is 12.6. The molecule has 9 N–H and O–H groups in total. The van der Waals surface area contributed by atoms with Gasteiger partial charge in [-0.15, -0.1) is 0 Å². The van der Waals surface area contributed by atoms with Crippen LogP contribution in [0.4, 0.5) is 0 Å². The molecule has 0 aromatic carbocycles. The lowest BCUT2D eigenvalue weighted by Crippen LogP contribution is -2.69. The van der Waals surface area contributed by atoms with E-state index in [1.807, 2.05) is 6.26 Å². The Morgan fingerprint density at radius 2 is 1.16 bits per heavy atom. The molecule has 4 atom stereocenters. The molecule has 0 fully saturated rings. The second kappa shape index (κ2) is 17.6. The Labute approximate surface area is 228 Å². The van der Waals surface area contributed by atoms with Gasteiger partial charge in [0.05, 0.1) is 13.1 Å². The van der Waals surface area contributed by atoms with Crippen LogP contribution in [0.5, 0.6) is 0 Å². The Balaban J connectivity index is 4.83. The molecule has 0 heterocycles. The highest BCUT2D eigenvalue weighted by molar-refractivity contribution is 7.98. The number of hydrogen-bond donors (Lipinski definition) is 7. The summed E-state index contributed by atoms with van der Waals surface area (Å²) in [7, 11) is 0. The lowest BCUT2D eigenvalue weighted by atomic mass is 10.0. The molecule has 0 aromatic rings. The monoisotopic (exact) mass is 561 g/mol. The van der Waals surface area contributed by atoms with E-state index in [1.54, 1.807) is 53.3 Å². The third-order valence-corrected chi connectivity index (χ3v) is 6.30. The van der Waals surface area contributed by atoms with Gasteiger partial charge in [0.25, 0.3) is 5.91 Å². The minimum Gasteiger partial charge on any atom is -0.480 e. The molecular weight excluding hydrogens is 516 g/mol. The molecule has 0 aromatic heterocycles. The van der Waals surface area contributed by atoms with E-state index in [9.17, 15) is 33.9 Å². The second-order valence-corrected chi connectivity index (χ2v) is 11.0. The Morgan fingerprint density at radius 3 is 1.63 bits per heavy atom. The molecule has 0 spiro atoms. The first-order valence-corrected chi connectivity index (χ1v) is 14.0. The molecule has 0 aliphatic carbocycles. The number of nitrogens with one attached hydrogen (secondary N) is 5. The summed E-state index contributed by atoms with van der Waals surface area (Å²) in [6.07, 6.45) is 2.49. The fourth-order valence-corrected chi connectivity index (χ4v) is 3.75. The van der Waals surface area contributed by atoms with E-state index >= 15 is 0 Å². The van der Waals surface area contributed by atoms with Gasteiger partial charge in [-0.1, -0.05) is 41.5 Å². The zero-order valence-corrected chi connectivity index (χ0v) is 24.2. The standard InChI is InChI=1S/C24H44N6O7S/c1-12(2)18(29-21(33)15(25)8-9-38-7)22(34)27-10-16(31)26-11-17(32)28-19(13(3)4)23(35)30-20(14(5)6)24(36)37/h12-15,18-20H,8-11,25H2,1-7H3,(H,26,31)(H,27,34)(H,28,32)(H,29,33)(H,30,35)(H,36,37)/p+1/t15-,18-,19-,20-/m0/s1. The molecule has 0 radical (unpaired) electrons. The molecule has 0 aliphatic rings. The number of carboxylic acid groups (broad SMARTS) is 1. The normalized spacial score (nSPS) is 14.3. The van der Waals surface area contributed by atoms with Gasteiger partial charge < -0.3 is 37.4 Å². The predicted octanol–water partition coefficient (Wildman–Crippen LogP) is -1.91. The van der Waals surface area contributed by atoms with Crippen molar-refractivity contribution in [1.82, 2.24) is 26.6 Å². The third kappa shape index (κ3) is 13.1. The maximum Gasteiger partial charge on any atom is 0.326 e. The molecule has 0 saturated heterocycles. The summed E-state index contributed by atoms with van der Waals surface area (Å²) in [6, 6.07) is -3.49. The van der Waals surface area contributed by atoms with Gasteiger partial charge in [0.15, 0.2) is 6.04 Å². The van der Waals surface area contributed by atoms with E-state index in [-0.39, 0.29) is 23.7 Å². The van der Waals surface area contributed by atoms with Crippen LogP contribution >= 0.6 is 11.8 Å². The topological polar surface area (TPSA) is 210 Å². The molecule has 0 bridgehead atoms. The van der Waals surface area contributed by atoms with Crippen molar-refractivity contribution < 1.29 is 39.6 Å². The SMILES string of the molecule is CSCC[C@H]([NH3+])C(=O)N[C@H](C(=O)NCC(=O)NCC(=O)N[C@H](C(=O)N[C@H](C(=O)O)C(C)C)C(C)C)C(C)C. The molecular formula is C24H45N6O7S+. The van der Waals surface area contributed by atoms with Crippen LogP contribution in [-0.2, 0) is 28.8 Å². The average molecular weight is 562 g/mol. The van der Waals surface area contributed by atoms with Gasteiger partial charge in [0, 0.05) is 6.42 Å². The Bertz CT molecular complexity index is 837. The van der Waals surface area contributed by atoms with E-state index in [2.05, 4.69) is 32.3 Å². The number of carboxylic acids is 1. The summed E-state index contributed by atoms with van der Waals surface area (Å²) >= 11 is 1.59. The average Bonchev–Trinajstić information content (AvgIpc) is 2.83. The molecule has 218 valence electrons. The predicted molar refractivity (Wildman–Crippen MR) is 144 cm³/mol. The van der Waals surface area contributed by atoms with Crippen LogP contribution in [-0.4, -0.2) is 89.9 Å². The van der Waals surface area contributed by atoms with Crippen molar-refractivity contribution in [3.05, 3.63) is 0 Å². The van der Waals surface area contributed by atoms with Crippen molar-refractivity contribution in [2.75, 3.05) is 25.1 Å². The van der Waals surface area contributed by atoms with Gasteiger partial charge in [-0.05, 0) is 29.8 Å². The molecule has 0 unspecified atom stereocenters. The summed E-state index contributed by atoms with van der Waals surface area (Å²) in [6.45, 7) is 9.32. The number of carbonyl (C=O) groups excluding carboxylic acids is 5. The zero-order valence-electron chi connectivity index (χ0n) is 23.4. The van der Waals surface area contributed by atoms with Crippen LogP contribution < -0.4 is 32.3 Å². The van der Waals surface area contributed by atoms with Crippen molar-refractivity contribution in [3.63, 3.8) is 0 Å². The van der Waals surface area contributed by atoms with Gasteiger partial charge in [0.2, 0.25) is 23.6 Å². The van der Waals surface area contributed by atoms with Crippen LogP contribution in [0, 0.1) is 17.8 Å². The van der Waals surface area contributed by atoms with E-state index in [4.69, 9.17) is 0 Å². The van der Waals surface area contributed by atoms with Gasteiger partial charge in [-0.3, -0.25) is 24.0 Å². The summed E-state index contributed by atoms with van der Waals surface area (Å²) in [5, 5.41) is 21.7. The molecule has 38 heavy (non-hydrogen) atoms. The number of hydrogen-bond acceptors (Lipinski definition) is 7. The fraction of sp³-hybridized carbons (Fsp3) is 0.750. The van der Waals surface area contributed by atoms with Crippen molar-refractivity contribution in [3.8, 4) is 0 Å². The largest absolute Gasteiger partial charge is 0.480 e. The van der Waals surface area contributed by atoms with Crippen molar-refractivity contribution in [2.24, 2.45) is 17.8 Å². The smallest absolute Gasteiger partial charge is 0.326 e. The van der Waals surface area contributed by atoms with E-state index in [0.717, 1.165) is 5.75 Å². The third-order valence-electron chi connectivity index (χ3n) is 5.65. The first kappa shape index (κ1) is 35.1. The molecule has 0 aliphatic heterocycles. The lowest BCUT2D eigenvalue weighted by molar-refractivity contribution is -0.404. The Morgan fingerprint density at radius 1 is 0.684 bits per heavy atom. The second-order valence-electron chi connectivity index (χ2n) is 10.1. The summed E-state index contributed by atoms with van der Waals surface area (Å²) in [5.41, 5.74) is 3.82. The summed E-state index contributed by atoms with van der Waals surface area (Å²) in [5.74, 6) is -4.21. The molecule has 5 amide bonds. The molecule has 13 nitrogen and oxygen atoms in total. The van der Waals surface area contributed by atoms with E-state index in [0.29, 0.717) is 6.42 Å². The lowest BCUT2D eigenvalue weighted by Gasteiger charge is -2.25. The summed E-state index contributed by atoms with van der Waals surface area (Å²) < 4.78 is 0. The first-order chi connectivity index (χ1) is 17.6. The van der Waals surface area contributed by atoms with Gasteiger partial charge in [-0.25, -0.2) is 4.79 Å². The van der Waals surface area contributed by atoms with Crippen molar-refractivity contribution >= 4 is 47.3 Å². The number of quaternary nitrogens is 1. The number of amides is 5. The Hall–Kier alpha value is -2.87.